The fraction of sp³-hybridized carbons (Fsp3) is 0.529. The van der Waals surface area contributed by atoms with Crippen LogP contribution in [0.3, 0.4) is 0 Å². The van der Waals surface area contributed by atoms with E-state index >= 15 is 0 Å². The Morgan fingerprint density at radius 3 is 2.36 bits per heavy atom. The second-order valence-corrected chi connectivity index (χ2v) is 6.74. The largest absolute Gasteiger partial charge is 0.460 e. The fourth-order valence-electron chi connectivity index (χ4n) is 3.06. The molecule has 0 aromatic heterocycles. The van der Waals surface area contributed by atoms with E-state index in [1.807, 2.05) is 12.2 Å². The Balaban J connectivity index is 2.13. The number of esters is 2. The molecule has 5 heteroatoms. The molecule has 118 valence electrons. The predicted octanol–water partition coefficient (Wildman–Crippen LogP) is 2.68. The number of terminal acetylenes is 1. The third-order valence-corrected chi connectivity index (χ3v) is 4.19. The zero-order valence-electron chi connectivity index (χ0n) is 12.7. The van der Waals surface area contributed by atoms with Crippen LogP contribution in [0.5, 0.6) is 0 Å². The Labute approximate surface area is 135 Å². The summed E-state index contributed by atoms with van der Waals surface area (Å²) < 4.78 is 10.5. The van der Waals surface area contributed by atoms with Crippen molar-refractivity contribution in [1.82, 2.24) is 0 Å². The van der Waals surface area contributed by atoms with Gasteiger partial charge in [0.1, 0.15) is 6.61 Å². The maximum atomic E-state index is 12.5. The number of carbonyl (C=O) groups is 2. The summed E-state index contributed by atoms with van der Waals surface area (Å²) in [5.41, 5.74) is -0.999. The molecular weight excluding hydrogens is 304 g/mol. The lowest BCUT2D eigenvalue weighted by atomic mass is 9.83. The Kier molecular flexibility index (Phi) is 4.67. The molecule has 2 rings (SSSR count). The molecule has 4 atom stereocenters. The minimum absolute atomic E-state index is 0.00686. The van der Waals surface area contributed by atoms with Crippen LogP contribution in [-0.4, -0.2) is 24.1 Å². The first-order valence-corrected chi connectivity index (χ1v) is 7.52. The molecule has 2 bridgehead atoms. The van der Waals surface area contributed by atoms with Gasteiger partial charge in [-0.15, -0.1) is 6.42 Å². The summed E-state index contributed by atoms with van der Waals surface area (Å²) in [4.78, 5) is 24.7. The van der Waals surface area contributed by atoms with Crippen molar-refractivity contribution in [3.63, 3.8) is 0 Å². The summed E-state index contributed by atoms with van der Waals surface area (Å²) in [7, 11) is 0. The van der Waals surface area contributed by atoms with E-state index in [1.165, 1.54) is 0 Å². The molecule has 1 saturated carbocycles. The molecule has 0 N–H and O–H groups in total. The van der Waals surface area contributed by atoms with E-state index in [0.717, 1.165) is 6.42 Å². The van der Waals surface area contributed by atoms with Crippen molar-refractivity contribution in [3.05, 3.63) is 23.8 Å². The molecule has 0 aliphatic heterocycles. The van der Waals surface area contributed by atoms with E-state index < -0.39 is 29.4 Å². The molecule has 0 aromatic carbocycles. The summed E-state index contributed by atoms with van der Waals surface area (Å²) >= 11 is 5.61. The molecule has 0 aromatic rings. The van der Waals surface area contributed by atoms with Crippen molar-refractivity contribution >= 4 is 23.5 Å². The standard InChI is InChI=1S/C17H19ClO4/c1-5-17(3,4)22-16(20)14-12-7-6-11(8-12)13(14)15(19)21-9-10(2)18/h1,6-7,11-14H,2,8-9H2,3-4H3/t11-,12-,13+,14+/m1/s1. The summed E-state index contributed by atoms with van der Waals surface area (Å²) in [5.74, 6) is 0.396. The Hall–Kier alpha value is -1.73. The average molecular weight is 323 g/mol. The second kappa shape index (κ2) is 6.18. The van der Waals surface area contributed by atoms with E-state index in [1.54, 1.807) is 13.8 Å². The molecule has 0 spiro atoms. The summed E-state index contributed by atoms with van der Waals surface area (Å²) in [6.07, 6.45) is 10.0. The van der Waals surface area contributed by atoms with E-state index in [2.05, 4.69) is 12.5 Å². The van der Waals surface area contributed by atoms with Gasteiger partial charge >= 0.3 is 11.9 Å². The second-order valence-electron chi connectivity index (χ2n) is 6.20. The highest BCUT2D eigenvalue weighted by Gasteiger charge is 2.53. The SMILES string of the molecule is C#CC(C)(C)OC(=O)[C@@H]1[C@@H](C(=O)OCC(=C)Cl)[C@@H]2C=C[C@@H]1C2. The van der Waals surface area contributed by atoms with Crippen LogP contribution < -0.4 is 0 Å². The molecule has 0 saturated heterocycles. The first kappa shape index (κ1) is 16.6. The maximum absolute atomic E-state index is 12.5. The van der Waals surface area contributed by atoms with Gasteiger partial charge in [-0.1, -0.05) is 36.3 Å². The highest BCUT2D eigenvalue weighted by atomic mass is 35.5. The summed E-state index contributed by atoms with van der Waals surface area (Å²) in [6.45, 7) is 6.69. The molecule has 4 nitrogen and oxygen atoms in total. The summed E-state index contributed by atoms with van der Waals surface area (Å²) in [5, 5.41) is 0.236. The number of allylic oxidation sites excluding steroid dienone is 2. The van der Waals surface area contributed by atoms with Gasteiger partial charge in [-0.2, -0.15) is 0 Å². The number of ether oxygens (including phenoxy) is 2. The van der Waals surface area contributed by atoms with Crippen LogP contribution >= 0.6 is 11.6 Å². The van der Waals surface area contributed by atoms with Crippen LogP contribution in [0, 0.1) is 36.0 Å². The van der Waals surface area contributed by atoms with Crippen LogP contribution in [0.25, 0.3) is 0 Å². The van der Waals surface area contributed by atoms with Gasteiger partial charge in [0.2, 0.25) is 0 Å². The molecule has 1 fully saturated rings. The molecule has 0 heterocycles. The molecule has 0 unspecified atom stereocenters. The van der Waals surface area contributed by atoms with Gasteiger partial charge in [0.05, 0.1) is 11.8 Å². The first-order chi connectivity index (χ1) is 10.2. The maximum Gasteiger partial charge on any atom is 0.311 e. The molecule has 0 radical (unpaired) electrons. The van der Waals surface area contributed by atoms with Gasteiger partial charge < -0.3 is 9.47 Å². The van der Waals surface area contributed by atoms with Crippen molar-refractivity contribution < 1.29 is 19.1 Å². The third kappa shape index (κ3) is 3.36. The monoisotopic (exact) mass is 322 g/mol. The zero-order chi connectivity index (χ0) is 16.5. The van der Waals surface area contributed by atoms with Gasteiger partial charge in [-0.05, 0) is 32.1 Å². The molecule has 0 amide bonds. The summed E-state index contributed by atoms with van der Waals surface area (Å²) in [6, 6.07) is 0. The average Bonchev–Trinajstić information content (AvgIpc) is 3.04. The van der Waals surface area contributed by atoms with Crippen LogP contribution in [-0.2, 0) is 19.1 Å². The van der Waals surface area contributed by atoms with Gasteiger partial charge in [0.15, 0.2) is 5.60 Å². The number of rotatable bonds is 5. The minimum Gasteiger partial charge on any atom is -0.460 e. The molecular formula is C17H19ClO4. The lowest BCUT2D eigenvalue weighted by molar-refractivity contribution is -0.166. The van der Waals surface area contributed by atoms with Gasteiger partial charge in [0, 0.05) is 5.03 Å². The Bertz CT molecular complexity index is 570. The first-order valence-electron chi connectivity index (χ1n) is 7.14. The number of halogens is 1. The number of carbonyl (C=O) groups excluding carboxylic acids is 2. The molecule has 2 aliphatic rings. The van der Waals surface area contributed by atoms with Gasteiger partial charge in [0.25, 0.3) is 0 Å². The van der Waals surface area contributed by atoms with Gasteiger partial charge in [-0.25, -0.2) is 0 Å². The lowest BCUT2D eigenvalue weighted by Gasteiger charge is -2.28. The van der Waals surface area contributed by atoms with Gasteiger partial charge in [-0.3, -0.25) is 9.59 Å². The van der Waals surface area contributed by atoms with Crippen molar-refractivity contribution in [2.75, 3.05) is 6.61 Å². The highest BCUT2D eigenvalue weighted by Crippen LogP contribution is 2.49. The van der Waals surface area contributed by atoms with Crippen molar-refractivity contribution in [3.8, 4) is 12.3 Å². The molecule has 22 heavy (non-hydrogen) atoms. The fourth-order valence-corrected chi connectivity index (χ4v) is 3.11. The third-order valence-electron chi connectivity index (χ3n) is 4.08. The Morgan fingerprint density at radius 2 is 1.86 bits per heavy atom. The Morgan fingerprint density at radius 1 is 1.32 bits per heavy atom. The predicted molar refractivity (Wildman–Crippen MR) is 82.7 cm³/mol. The van der Waals surface area contributed by atoms with E-state index in [0.29, 0.717) is 0 Å². The number of hydrogen-bond acceptors (Lipinski definition) is 4. The topological polar surface area (TPSA) is 52.6 Å². The van der Waals surface area contributed by atoms with Crippen LogP contribution in [0.2, 0.25) is 0 Å². The smallest absolute Gasteiger partial charge is 0.311 e. The molecule has 2 aliphatic carbocycles. The van der Waals surface area contributed by atoms with E-state index in [-0.39, 0.29) is 23.5 Å². The zero-order valence-corrected chi connectivity index (χ0v) is 13.4. The normalized spacial score (nSPS) is 29.0. The van der Waals surface area contributed by atoms with Crippen LogP contribution in [0.15, 0.2) is 23.8 Å². The van der Waals surface area contributed by atoms with Crippen molar-refractivity contribution in [1.29, 1.82) is 0 Å². The van der Waals surface area contributed by atoms with E-state index in [4.69, 9.17) is 27.5 Å². The number of fused-ring (bicyclic) bond motifs is 2. The van der Waals surface area contributed by atoms with Crippen molar-refractivity contribution in [2.24, 2.45) is 23.7 Å². The van der Waals surface area contributed by atoms with Crippen molar-refractivity contribution in [2.45, 2.75) is 25.9 Å². The quantitative estimate of drug-likeness (QED) is 0.443. The lowest BCUT2D eigenvalue weighted by Crippen LogP contribution is -2.39. The van der Waals surface area contributed by atoms with Crippen LogP contribution in [0.4, 0.5) is 0 Å². The van der Waals surface area contributed by atoms with Crippen LogP contribution in [0.1, 0.15) is 20.3 Å². The highest BCUT2D eigenvalue weighted by molar-refractivity contribution is 6.29. The number of hydrogen-bond donors (Lipinski definition) is 0. The minimum atomic E-state index is -0.999. The van der Waals surface area contributed by atoms with E-state index in [9.17, 15) is 9.59 Å².